The van der Waals surface area contributed by atoms with Gasteiger partial charge in [-0.2, -0.15) is 10.1 Å². The average molecular weight is 156 g/mol. The Morgan fingerprint density at radius 1 is 1.82 bits per heavy atom. The molecule has 0 aromatic carbocycles. The van der Waals surface area contributed by atoms with E-state index < -0.39 is 5.97 Å². The van der Waals surface area contributed by atoms with Crippen LogP contribution in [0.2, 0.25) is 0 Å². The van der Waals surface area contributed by atoms with E-state index >= 15 is 0 Å². The minimum Gasteiger partial charge on any atom is -0.481 e. The van der Waals surface area contributed by atoms with Crippen LogP contribution in [-0.2, 0) is 18.3 Å². The number of carboxylic acid groups (broad SMARTS) is 1. The van der Waals surface area contributed by atoms with Crippen LogP contribution in [0.4, 0.5) is 5.95 Å². The van der Waals surface area contributed by atoms with E-state index in [1.165, 1.54) is 4.68 Å². The standard InChI is InChI=1S/C5H8N4O2/c1-9-5(6)7-3(8-9)2-4(10)11/h2H2,1H3,(H,10,11)(H2,6,7,8). The summed E-state index contributed by atoms with van der Waals surface area (Å²) in [5, 5.41) is 12.1. The van der Waals surface area contributed by atoms with Crippen molar-refractivity contribution in [1.82, 2.24) is 14.8 Å². The molecule has 1 heterocycles. The Morgan fingerprint density at radius 2 is 2.45 bits per heavy atom. The van der Waals surface area contributed by atoms with Crippen molar-refractivity contribution in [3.63, 3.8) is 0 Å². The number of rotatable bonds is 2. The summed E-state index contributed by atoms with van der Waals surface area (Å²) >= 11 is 0. The summed E-state index contributed by atoms with van der Waals surface area (Å²) in [4.78, 5) is 13.9. The molecule has 0 aliphatic heterocycles. The van der Waals surface area contributed by atoms with Gasteiger partial charge in [0, 0.05) is 7.05 Å². The first-order valence-electron chi connectivity index (χ1n) is 2.97. The van der Waals surface area contributed by atoms with Crippen LogP contribution < -0.4 is 5.73 Å². The zero-order valence-corrected chi connectivity index (χ0v) is 5.98. The molecule has 0 amide bonds. The molecule has 1 aromatic rings. The van der Waals surface area contributed by atoms with Crippen LogP contribution in [-0.4, -0.2) is 25.8 Å². The van der Waals surface area contributed by atoms with Crippen LogP contribution in [0.25, 0.3) is 0 Å². The van der Waals surface area contributed by atoms with Gasteiger partial charge in [-0.1, -0.05) is 0 Å². The van der Waals surface area contributed by atoms with E-state index in [2.05, 4.69) is 10.1 Å². The van der Waals surface area contributed by atoms with Gasteiger partial charge in [0.15, 0.2) is 5.82 Å². The number of nitrogen functional groups attached to an aromatic ring is 1. The molecule has 1 aromatic heterocycles. The number of carboxylic acids is 1. The molecule has 0 saturated carbocycles. The van der Waals surface area contributed by atoms with Gasteiger partial charge in [-0.3, -0.25) is 4.79 Å². The van der Waals surface area contributed by atoms with Gasteiger partial charge in [0.05, 0.1) is 0 Å². The normalized spacial score (nSPS) is 9.91. The predicted octanol–water partition coefficient (Wildman–Crippen LogP) is -0.976. The van der Waals surface area contributed by atoms with Crippen molar-refractivity contribution in [2.24, 2.45) is 7.05 Å². The number of carbonyl (C=O) groups is 1. The summed E-state index contributed by atoms with van der Waals surface area (Å²) in [7, 11) is 1.60. The Hall–Kier alpha value is -1.59. The Labute approximate surface area is 62.6 Å². The van der Waals surface area contributed by atoms with Crippen LogP contribution >= 0.6 is 0 Å². The number of hydrogen-bond acceptors (Lipinski definition) is 4. The van der Waals surface area contributed by atoms with E-state index in [0.717, 1.165) is 0 Å². The second-order valence-corrected chi connectivity index (χ2v) is 2.08. The molecule has 0 fully saturated rings. The first kappa shape index (κ1) is 7.52. The van der Waals surface area contributed by atoms with Crippen molar-refractivity contribution in [2.45, 2.75) is 6.42 Å². The first-order chi connectivity index (χ1) is 5.09. The maximum Gasteiger partial charge on any atom is 0.311 e. The third-order valence-corrected chi connectivity index (χ3v) is 1.15. The van der Waals surface area contributed by atoms with Gasteiger partial charge < -0.3 is 10.8 Å². The van der Waals surface area contributed by atoms with Gasteiger partial charge in [0.2, 0.25) is 5.95 Å². The molecule has 0 saturated heterocycles. The summed E-state index contributed by atoms with van der Waals surface area (Å²) in [6.07, 6.45) is -0.189. The molecule has 0 bridgehead atoms. The zero-order valence-electron chi connectivity index (χ0n) is 5.98. The maximum absolute atomic E-state index is 10.2. The minimum atomic E-state index is -0.962. The van der Waals surface area contributed by atoms with E-state index in [1.54, 1.807) is 7.05 Å². The van der Waals surface area contributed by atoms with Gasteiger partial charge in [-0.15, -0.1) is 0 Å². The second-order valence-electron chi connectivity index (χ2n) is 2.08. The van der Waals surface area contributed by atoms with Crippen molar-refractivity contribution < 1.29 is 9.90 Å². The zero-order chi connectivity index (χ0) is 8.43. The largest absolute Gasteiger partial charge is 0.481 e. The van der Waals surface area contributed by atoms with Crippen molar-refractivity contribution >= 4 is 11.9 Å². The molecule has 11 heavy (non-hydrogen) atoms. The third-order valence-electron chi connectivity index (χ3n) is 1.15. The molecular formula is C5H8N4O2. The fraction of sp³-hybridized carbons (Fsp3) is 0.400. The summed E-state index contributed by atoms with van der Waals surface area (Å²) in [6.45, 7) is 0. The Morgan fingerprint density at radius 3 is 2.82 bits per heavy atom. The summed E-state index contributed by atoms with van der Waals surface area (Å²) in [5.74, 6) is -0.505. The monoisotopic (exact) mass is 156 g/mol. The van der Waals surface area contributed by atoms with Crippen molar-refractivity contribution in [3.05, 3.63) is 5.82 Å². The highest BCUT2D eigenvalue weighted by molar-refractivity contribution is 5.69. The summed E-state index contributed by atoms with van der Waals surface area (Å²) < 4.78 is 1.33. The number of aliphatic carboxylic acids is 1. The average Bonchev–Trinajstić information content (AvgIpc) is 2.10. The topological polar surface area (TPSA) is 94.0 Å². The van der Waals surface area contributed by atoms with Crippen LogP contribution in [0, 0.1) is 0 Å². The summed E-state index contributed by atoms with van der Waals surface area (Å²) in [5.41, 5.74) is 5.31. The van der Waals surface area contributed by atoms with E-state index in [-0.39, 0.29) is 18.2 Å². The number of anilines is 1. The lowest BCUT2D eigenvalue weighted by Gasteiger charge is -1.85. The second kappa shape index (κ2) is 2.57. The predicted molar refractivity (Wildman–Crippen MR) is 36.8 cm³/mol. The quantitative estimate of drug-likeness (QED) is 0.574. The van der Waals surface area contributed by atoms with Gasteiger partial charge in [-0.25, -0.2) is 4.68 Å². The molecule has 60 valence electrons. The molecule has 0 aliphatic carbocycles. The number of aromatic nitrogens is 3. The molecular weight excluding hydrogens is 148 g/mol. The fourth-order valence-corrected chi connectivity index (χ4v) is 0.661. The van der Waals surface area contributed by atoms with Crippen LogP contribution in [0.15, 0.2) is 0 Å². The molecule has 6 nitrogen and oxygen atoms in total. The first-order valence-corrected chi connectivity index (χ1v) is 2.97. The number of hydrogen-bond donors (Lipinski definition) is 2. The SMILES string of the molecule is Cn1nc(CC(=O)O)nc1N. The van der Waals surface area contributed by atoms with E-state index in [1.807, 2.05) is 0 Å². The smallest absolute Gasteiger partial charge is 0.311 e. The molecule has 0 aliphatic rings. The summed E-state index contributed by atoms with van der Waals surface area (Å²) in [6, 6.07) is 0. The van der Waals surface area contributed by atoms with E-state index in [9.17, 15) is 4.79 Å². The highest BCUT2D eigenvalue weighted by atomic mass is 16.4. The fourth-order valence-electron chi connectivity index (χ4n) is 0.661. The van der Waals surface area contributed by atoms with Gasteiger partial charge in [0.1, 0.15) is 6.42 Å². The van der Waals surface area contributed by atoms with Gasteiger partial charge in [0.25, 0.3) is 0 Å². The van der Waals surface area contributed by atoms with E-state index in [0.29, 0.717) is 0 Å². The number of aryl methyl sites for hydroxylation is 1. The Bertz CT molecular complexity index is 261. The van der Waals surface area contributed by atoms with Gasteiger partial charge >= 0.3 is 5.97 Å². The molecule has 6 heteroatoms. The van der Waals surface area contributed by atoms with Crippen molar-refractivity contribution in [3.8, 4) is 0 Å². The molecule has 0 spiro atoms. The number of nitrogens with two attached hydrogens (primary N) is 1. The van der Waals surface area contributed by atoms with Crippen LogP contribution in [0.3, 0.4) is 0 Å². The lowest BCUT2D eigenvalue weighted by Crippen LogP contribution is -2.02. The van der Waals surface area contributed by atoms with Crippen molar-refractivity contribution in [1.29, 1.82) is 0 Å². The molecule has 0 atom stereocenters. The highest BCUT2D eigenvalue weighted by Crippen LogP contribution is 1.97. The van der Waals surface area contributed by atoms with Gasteiger partial charge in [-0.05, 0) is 0 Å². The Balaban J connectivity index is 2.81. The molecule has 0 radical (unpaired) electrons. The Kier molecular flexibility index (Phi) is 1.75. The third kappa shape index (κ3) is 1.66. The lowest BCUT2D eigenvalue weighted by atomic mass is 10.4. The lowest BCUT2D eigenvalue weighted by molar-refractivity contribution is -0.136. The molecule has 0 unspecified atom stereocenters. The van der Waals surface area contributed by atoms with Crippen LogP contribution in [0.5, 0.6) is 0 Å². The molecule has 3 N–H and O–H groups in total. The van der Waals surface area contributed by atoms with Crippen LogP contribution in [0.1, 0.15) is 5.82 Å². The minimum absolute atomic E-state index is 0.189. The van der Waals surface area contributed by atoms with Crippen molar-refractivity contribution in [2.75, 3.05) is 5.73 Å². The maximum atomic E-state index is 10.2. The number of nitrogens with zero attached hydrogens (tertiary/aromatic N) is 3. The van der Waals surface area contributed by atoms with E-state index in [4.69, 9.17) is 10.8 Å². The molecule has 1 rings (SSSR count). The highest BCUT2D eigenvalue weighted by Gasteiger charge is 2.07.